The van der Waals surface area contributed by atoms with Gasteiger partial charge in [-0.05, 0) is 37.9 Å². The maximum atomic E-state index is 11.6. The standard InChI is InChI=1S/C15H24N2O.ClH/c1-4-13-5-7-14(8-6-13)9-10-15(18)17-11-12(2)16-3;/h5-8,12,16H,4,9-11H2,1-3H3,(H,17,18);1H. The van der Waals surface area contributed by atoms with Crippen molar-refractivity contribution in [1.29, 1.82) is 0 Å². The Balaban J connectivity index is 0.00000324. The molecule has 4 heteroatoms. The van der Waals surface area contributed by atoms with Crippen LogP contribution in [0.25, 0.3) is 0 Å². The lowest BCUT2D eigenvalue weighted by molar-refractivity contribution is -0.121. The zero-order valence-electron chi connectivity index (χ0n) is 12.0. The number of halogens is 1. The van der Waals surface area contributed by atoms with Gasteiger partial charge in [-0.25, -0.2) is 0 Å². The highest BCUT2D eigenvalue weighted by Gasteiger charge is 2.04. The van der Waals surface area contributed by atoms with Gasteiger partial charge in [0, 0.05) is 19.0 Å². The Morgan fingerprint density at radius 3 is 2.32 bits per heavy atom. The van der Waals surface area contributed by atoms with E-state index < -0.39 is 0 Å². The van der Waals surface area contributed by atoms with E-state index in [1.165, 1.54) is 11.1 Å². The first kappa shape index (κ1) is 17.9. The van der Waals surface area contributed by atoms with Crippen LogP contribution >= 0.6 is 12.4 Å². The van der Waals surface area contributed by atoms with Crippen molar-refractivity contribution in [2.24, 2.45) is 0 Å². The number of carbonyl (C=O) groups is 1. The number of carbonyl (C=O) groups excluding carboxylic acids is 1. The summed E-state index contributed by atoms with van der Waals surface area (Å²) in [5.41, 5.74) is 2.56. The first-order valence-electron chi connectivity index (χ1n) is 6.67. The summed E-state index contributed by atoms with van der Waals surface area (Å²) >= 11 is 0. The molecule has 0 spiro atoms. The lowest BCUT2D eigenvalue weighted by Gasteiger charge is -2.11. The first-order chi connectivity index (χ1) is 8.65. The molecule has 1 aromatic carbocycles. The van der Waals surface area contributed by atoms with Crippen LogP contribution < -0.4 is 10.6 Å². The van der Waals surface area contributed by atoms with Crippen LogP contribution in [0.1, 0.15) is 31.4 Å². The molecular weight excluding hydrogens is 260 g/mol. The summed E-state index contributed by atoms with van der Waals surface area (Å²) in [6.07, 6.45) is 2.42. The highest BCUT2D eigenvalue weighted by atomic mass is 35.5. The Morgan fingerprint density at radius 2 is 1.79 bits per heavy atom. The largest absolute Gasteiger partial charge is 0.355 e. The zero-order valence-corrected chi connectivity index (χ0v) is 12.8. The fraction of sp³-hybridized carbons (Fsp3) is 0.533. The van der Waals surface area contributed by atoms with Gasteiger partial charge in [0.1, 0.15) is 0 Å². The van der Waals surface area contributed by atoms with Crippen LogP contribution in [-0.2, 0) is 17.6 Å². The number of hydrogen-bond acceptors (Lipinski definition) is 2. The fourth-order valence-corrected chi connectivity index (χ4v) is 1.66. The fourth-order valence-electron chi connectivity index (χ4n) is 1.66. The summed E-state index contributed by atoms with van der Waals surface area (Å²) in [5.74, 6) is 0.122. The molecular formula is C15H25ClN2O. The molecule has 1 unspecified atom stereocenters. The van der Waals surface area contributed by atoms with Gasteiger partial charge in [0.25, 0.3) is 0 Å². The van der Waals surface area contributed by atoms with Crippen LogP contribution in [0.4, 0.5) is 0 Å². The van der Waals surface area contributed by atoms with E-state index >= 15 is 0 Å². The van der Waals surface area contributed by atoms with Crippen LogP contribution in [0.2, 0.25) is 0 Å². The molecule has 19 heavy (non-hydrogen) atoms. The topological polar surface area (TPSA) is 41.1 Å². The van der Waals surface area contributed by atoms with Crippen LogP contribution in [0.3, 0.4) is 0 Å². The van der Waals surface area contributed by atoms with E-state index in [9.17, 15) is 4.79 Å². The van der Waals surface area contributed by atoms with Crippen molar-refractivity contribution < 1.29 is 4.79 Å². The number of rotatable bonds is 7. The highest BCUT2D eigenvalue weighted by molar-refractivity contribution is 5.85. The van der Waals surface area contributed by atoms with E-state index in [-0.39, 0.29) is 18.3 Å². The smallest absolute Gasteiger partial charge is 0.220 e. The summed E-state index contributed by atoms with van der Waals surface area (Å²) in [6, 6.07) is 8.81. The van der Waals surface area contributed by atoms with E-state index in [2.05, 4.69) is 41.8 Å². The number of likely N-dealkylation sites (N-methyl/N-ethyl adjacent to an activating group) is 1. The quantitative estimate of drug-likeness (QED) is 0.807. The number of amides is 1. The van der Waals surface area contributed by atoms with E-state index in [0.717, 1.165) is 12.8 Å². The maximum Gasteiger partial charge on any atom is 0.220 e. The van der Waals surface area contributed by atoms with Gasteiger partial charge < -0.3 is 10.6 Å². The third kappa shape index (κ3) is 7.19. The summed E-state index contributed by atoms with van der Waals surface area (Å²) in [5, 5.41) is 6.02. The van der Waals surface area contributed by atoms with Crippen molar-refractivity contribution in [2.45, 2.75) is 39.2 Å². The van der Waals surface area contributed by atoms with Crippen molar-refractivity contribution in [3.05, 3.63) is 35.4 Å². The number of aryl methyl sites for hydroxylation is 2. The average molecular weight is 285 g/mol. The Labute approximate surface area is 122 Å². The zero-order chi connectivity index (χ0) is 13.4. The molecule has 3 nitrogen and oxygen atoms in total. The number of hydrogen-bond donors (Lipinski definition) is 2. The SMILES string of the molecule is CCc1ccc(CCC(=O)NCC(C)NC)cc1.Cl. The molecule has 0 aliphatic carbocycles. The van der Waals surface area contributed by atoms with Crippen LogP contribution in [0.15, 0.2) is 24.3 Å². The summed E-state index contributed by atoms with van der Waals surface area (Å²) in [6.45, 7) is 4.87. The molecule has 1 atom stereocenters. The molecule has 0 saturated carbocycles. The average Bonchev–Trinajstić information content (AvgIpc) is 2.42. The summed E-state index contributed by atoms with van der Waals surface area (Å²) in [7, 11) is 1.89. The Morgan fingerprint density at radius 1 is 1.21 bits per heavy atom. The lowest BCUT2D eigenvalue weighted by Crippen LogP contribution is -2.37. The highest BCUT2D eigenvalue weighted by Crippen LogP contribution is 2.07. The molecule has 0 aromatic heterocycles. The molecule has 0 saturated heterocycles. The molecule has 0 heterocycles. The second-order valence-electron chi connectivity index (χ2n) is 4.66. The molecule has 0 radical (unpaired) electrons. The van der Waals surface area contributed by atoms with Crippen LogP contribution in [0.5, 0.6) is 0 Å². The molecule has 2 N–H and O–H groups in total. The summed E-state index contributed by atoms with van der Waals surface area (Å²) < 4.78 is 0. The minimum Gasteiger partial charge on any atom is -0.355 e. The van der Waals surface area contributed by atoms with Crippen molar-refractivity contribution >= 4 is 18.3 Å². The van der Waals surface area contributed by atoms with Crippen LogP contribution in [0, 0.1) is 0 Å². The van der Waals surface area contributed by atoms with Gasteiger partial charge in [0.15, 0.2) is 0 Å². The first-order valence-corrected chi connectivity index (χ1v) is 6.67. The van der Waals surface area contributed by atoms with E-state index in [1.54, 1.807) is 0 Å². The maximum absolute atomic E-state index is 11.6. The predicted molar refractivity (Wildman–Crippen MR) is 82.9 cm³/mol. The lowest BCUT2D eigenvalue weighted by atomic mass is 10.1. The molecule has 108 valence electrons. The Bertz CT molecular complexity index is 365. The monoisotopic (exact) mass is 284 g/mol. The van der Waals surface area contributed by atoms with Crippen molar-refractivity contribution in [2.75, 3.05) is 13.6 Å². The van der Waals surface area contributed by atoms with Gasteiger partial charge in [0.2, 0.25) is 5.91 Å². The van der Waals surface area contributed by atoms with Gasteiger partial charge >= 0.3 is 0 Å². The normalized spacial score (nSPS) is 11.5. The predicted octanol–water partition coefficient (Wildman–Crippen LogP) is 2.33. The van der Waals surface area contributed by atoms with Crippen molar-refractivity contribution in [3.8, 4) is 0 Å². The molecule has 0 aliphatic heterocycles. The third-order valence-corrected chi connectivity index (χ3v) is 3.17. The second-order valence-corrected chi connectivity index (χ2v) is 4.66. The van der Waals surface area contributed by atoms with E-state index in [0.29, 0.717) is 19.0 Å². The third-order valence-electron chi connectivity index (χ3n) is 3.17. The molecule has 0 aliphatic rings. The Kier molecular flexibility index (Phi) is 9.27. The van der Waals surface area contributed by atoms with Gasteiger partial charge in [-0.3, -0.25) is 4.79 Å². The Hall–Kier alpha value is -1.06. The molecule has 0 bridgehead atoms. The molecule has 1 amide bonds. The molecule has 0 fully saturated rings. The van der Waals surface area contributed by atoms with Crippen molar-refractivity contribution in [3.63, 3.8) is 0 Å². The number of nitrogens with one attached hydrogen (secondary N) is 2. The number of benzene rings is 1. The minimum absolute atomic E-state index is 0. The second kappa shape index (κ2) is 9.82. The molecule has 1 aromatic rings. The van der Waals surface area contributed by atoms with Gasteiger partial charge in [0.05, 0.1) is 0 Å². The van der Waals surface area contributed by atoms with E-state index in [4.69, 9.17) is 0 Å². The summed E-state index contributed by atoms with van der Waals surface area (Å²) in [4.78, 5) is 11.6. The molecule has 1 rings (SSSR count). The van der Waals surface area contributed by atoms with Gasteiger partial charge in [-0.1, -0.05) is 31.2 Å². The van der Waals surface area contributed by atoms with Gasteiger partial charge in [-0.2, -0.15) is 0 Å². The van der Waals surface area contributed by atoms with E-state index in [1.807, 2.05) is 14.0 Å². The minimum atomic E-state index is 0. The van der Waals surface area contributed by atoms with Gasteiger partial charge in [-0.15, -0.1) is 12.4 Å². The van der Waals surface area contributed by atoms with Crippen molar-refractivity contribution in [1.82, 2.24) is 10.6 Å². The van der Waals surface area contributed by atoms with Crippen LogP contribution in [-0.4, -0.2) is 25.5 Å².